The maximum Gasteiger partial charge on any atom is 0.321 e. The zero-order valence-corrected chi connectivity index (χ0v) is 14.5. The summed E-state index contributed by atoms with van der Waals surface area (Å²) in [6, 6.07) is 8.65. The van der Waals surface area contributed by atoms with E-state index < -0.39 is 11.9 Å². The van der Waals surface area contributed by atoms with Crippen molar-refractivity contribution < 1.29 is 9.59 Å². The van der Waals surface area contributed by atoms with Crippen molar-refractivity contribution in [3.8, 4) is 0 Å². The van der Waals surface area contributed by atoms with E-state index in [1.165, 1.54) is 0 Å². The number of hydrogen-bond acceptors (Lipinski definition) is 6. The van der Waals surface area contributed by atoms with Crippen molar-refractivity contribution in [1.82, 2.24) is 26.4 Å². The second-order valence-corrected chi connectivity index (χ2v) is 6.29. The summed E-state index contributed by atoms with van der Waals surface area (Å²) in [5, 5.41) is 14.5. The summed E-state index contributed by atoms with van der Waals surface area (Å²) >= 11 is 11.0. The van der Waals surface area contributed by atoms with E-state index in [4.69, 9.17) is 24.4 Å². The summed E-state index contributed by atoms with van der Waals surface area (Å²) in [5.74, 6) is -0.475. The molecule has 0 fully saturated rings. The van der Waals surface area contributed by atoms with Crippen LogP contribution in [-0.2, 0) is 4.79 Å². The van der Waals surface area contributed by atoms with Crippen molar-refractivity contribution in [2.45, 2.75) is 0 Å². The van der Waals surface area contributed by atoms with Crippen LogP contribution in [0.3, 0.4) is 0 Å². The molecule has 0 unspecified atom stereocenters. The summed E-state index contributed by atoms with van der Waals surface area (Å²) in [6.45, 7) is -0.247. The lowest BCUT2D eigenvalue weighted by Crippen LogP contribution is -2.48. The van der Waals surface area contributed by atoms with Gasteiger partial charge in [-0.05, 0) is 36.6 Å². The molecule has 0 aliphatic heterocycles. The number of thiocarbonyl (C=S) groups is 1. The number of urea groups is 1. The van der Waals surface area contributed by atoms with Crippen LogP contribution in [0.15, 0.2) is 30.3 Å². The zero-order valence-electron chi connectivity index (χ0n) is 12.1. The van der Waals surface area contributed by atoms with Crippen molar-refractivity contribution in [3.05, 3.63) is 34.3 Å². The molecule has 2 rings (SSSR count). The first-order valence-electron chi connectivity index (χ1n) is 6.54. The summed E-state index contributed by atoms with van der Waals surface area (Å²) in [4.78, 5) is 23.2. The highest BCUT2D eigenvalue weighted by atomic mass is 32.1. The molecule has 0 aliphatic rings. The van der Waals surface area contributed by atoms with Gasteiger partial charge in [-0.3, -0.25) is 26.1 Å². The van der Waals surface area contributed by atoms with E-state index in [0.717, 1.165) is 17.0 Å². The second-order valence-electron chi connectivity index (χ2n) is 4.22. The average molecular weight is 383 g/mol. The Hall–Kier alpha value is -2.57. The Labute approximate surface area is 151 Å². The van der Waals surface area contributed by atoms with Gasteiger partial charge in [-0.15, -0.1) is 5.10 Å². The standard InChI is InChI=1S/C12H13N7O2S3/c20-8(6-13-9(21)15-11-18-19-12(23)24-11)16-17-10(22)14-7-4-2-1-3-5-7/h1-5H,6H2,(H,16,20)(H,19,23)(H2,14,17,22)(H2,13,15,18,21). The Balaban J connectivity index is 1.65. The smallest absolute Gasteiger partial charge is 0.321 e. The molecule has 0 spiro atoms. The molecule has 0 atom stereocenters. The number of hydrazine groups is 1. The van der Waals surface area contributed by atoms with E-state index in [9.17, 15) is 9.59 Å². The monoisotopic (exact) mass is 383 g/mol. The number of aromatic nitrogens is 2. The van der Waals surface area contributed by atoms with Crippen LogP contribution in [0.2, 0.25) is 0 Å². The summed E-state index contributed by atoms with van der Waals surface area (Å²) < 4.78 is 0.437. The van der Waals surface area contributed by atoms with Crippen molar-refractivity contribution in [1.29, 1.82) is 0 Å². The minimum absolute atomic E-state index is 0.218. The van der Waals surface area contributed by atoms with Gasteiger partial charge in [0, 0.05) is 5.69 Å². The molecule has 24 heavy (non-hydrogen) atoms. The summed E-state index contributed by atoms with van der Waals surface area (Å²) in [6.07, 6.45) is 0. The molecule has 1 aromatic heterocycles. The molecule has 0 bridgehead atoms. The van der Waals surface area contributed by atoms with Crippen LogP contribution in [0.1, 0.15) is 0 Å². The Morgan fingerprint density at radius 1 is 1.17 bits per heavy atom. The Bertz CT molecular complexity index is 774. The first-order valence-corrected chi connectivity index (χ1v) is 8.17. The minimum Gasteiger partial charge on any atom is -0.331 e. The quantitative estimate of drug-likeness (QED) is 0.348. The van der Waals surface area contributed by atoms with Crippen LogP contribution in [0.25, 0.3) is 0 Å². The predicted molar refractivity (Wildman–Crippen MR) is 98.3 cm³/mol. The molecule has 6 N–H and O–H groups in total. The highest BCUT2D eigenvalue weighted by Gasteiger charge is 2.07. The molecular weight excluding hydrogens is 370 g/mol. The summed E-state index contributed by atoms with van der Waals surface area (Å²) in [5.41, 5.74) is 5.66. The second kappa shape index (κ2) is 8.90. The van der Waals surface area contributed by atoms with Crippen molar-refractivity contribution in [3.63, 3.8) is 0 Å². The molecule has 1 aromatic carbocycles. The number of nitrogens with one attached hydrogen (secondary N) is 6. The van der Waals surface area contributed by atoms with Crippen LogP contribution < -0.4 is 26.8 Å². The number of rotatable bonds is 4. The third kappa shape index (κ3) is 6.28. The van der Waals surface area contributed by atoms with Crippen LogP contribution in [0.5, 0.6) is 0 Å². The maximum atomic E-state index is 11.6. The average Bonchev–Trinajstić information content (AvgIpc) is 2.97. The van der Waals surface area contributed by atoms with Gasteiger partial charge < -0.3 is 10.6 Å². The number of H-pyrrole nitrogens is 1. The number of para-hydroxylation sites is 1. The molecule has 0 radical (unpaired) electrons. The van der Waals surface area contributed by atoms with Crippen molar-refractivity contribution in [2.75, 3.05) is 17.2 Å². The highest BCUT2D eigenvalue weighted by Crippen LogP contribution is 2.09. The molecule has 3 amide bonds. The van der Waals surface area contributed by atoms with Gasteiger partial charge in [-0.1, -0.05) is 29.5 Å². The van der Waals surface area contributed by atoms with Gasteiger partial charge in [0.05, 0.1) is 0 Å². The number of anilines is 2. The van der Waals surface area contributed by atoms with E-state index in [-0.39, 0.29) is 11.7 Å². The van der Waals surface area contributed by atoms with E-state index in [1.807, 2.05) is 30.3 Å². The maximum absolute atomic E-state index is 11.6. The van der Waals surface area contributed by atoms with Crippen molar-refractivity contribution in [2.24, 2.45) is 0 Å². The Morgan fingerprint density at radius 3 is 2.58 bits per heavy atom. The number of benzene rings is 1. The number of hydrogen-bond donors (Lipinski definition) is 6. The fraction of sp³-hybridized carbons (Fsp3) is 0.0833. The van der Waals surface area contributed by atoms with Gasteiger partial charge in [0.2, 0.25) is 5.13 Å². The fourth-order valence-electron chi connectivity index (χ4n) is 1.44. The Kier molecular flexibility index (Phi) is 6.60. The first kappa shape index (κ1) is 17.8. The number of amides is 3. The molecule has 0 saturated carbocycles. The van der Waals surface area contributed by atoms with Crippen LogP contribution in [0, 0.1) is 3.95 Å². The number of carbonyl (C=O) groups is 2. The fourth-order valence-corrected chi connectivity index (χ4v) is 2.39. The largest absolute Gasteiger partial charge is 0.331 e. The molecule has 1 heterocycles. The van der Waals surface area contributed by atoms with Gasteiger partial charge in [0.15, 0.2) is 9.07 Å². The minimum atomic E-state index is -0.576. The number of aromatic amines is 1. The lowest BCUT2D eigenvalue weighted by Gasteiger charge is -2.11. The zero-order chi connectivity index (χ0) is 17.4. The van der Waals surface area contributed by atoms with E-state index >= 15 is 0 Å². The lowest BCUT2D eigenvalue weighted by molar-refractivity contribution is -0.120. The van der Waals surface area contributed by atoms with Gasteiger partial charge >= 0.3 is 6.03 Å². The van der Waals surface area contributed by atoms with E-state index in [2.05, 4.69) is 37.0 Å². The van der Waals surface area contributed by atoms with Crippen LogP contribution in [-0.4, -0.2) is 33.8 Å². The number of nitrogens with zero attached hydrogens (tertiary/aromatic N) is 1. The van der Waals surface area contributed by atoms with Crippen LogP contribution in [0.4, 0.5) is 15.6 Å². The van der Waals surface area contributed by atoms with Crippen molar-refractivity contribution >= 4 is 63.6 Å². The first-order chi connectivity index (χ1) is 11.5. The highest BCUT2D eigenvalue weighted by molar-refractivity contribution is 7.80. The van der Waals surface area contributed by atoms with Crippen LogP contribution >= 0.6 is 35.8 Å². The van der Waals surface area contributed by atoms with E-state index in [0.29, 0.717) is 9.09 Å². The molecule has 0 saturated heterocycles. The van der Waals surface area contributed by atoms with E-state index in [1.54, 1.807) is 0 Å². The SMILES string of the molecule is O=C(CNC(=O)Nc1n[nH]c(=S)s1)NNC(=S)Nc1ccccc1. The lowest BCUT2D eigenvalue weighted by atomic mass is 10.3. The topological polar surface area (TPSA) is 123 Å². The van der Waals surface area contributed by atoms with Gasteiger partial charge in [-0.25, -0.2) is 4.79 Å². The summed E-state index contributed by atoms with van der Waals surface area (Å²) in [7, 11) is 0. The molecule has 9 nitrogen and oxygen atoms in total. The third-order valence-electron chi connectivity index (χ3n) is 2.42. The molecule has 12 heteroatoms. The Morgan fingerprint density at radius 2 is 1.92 bits per heavy atom. The predicted octanol–water partition coefficient (Wildman–Crippen LogP) is 1.34. The molecule has 0 aliphatic carbocycles. The van der Waals surface area contributed by atoms with Gasteiger partial charge in [0.25, 0.3) is 5.91 Å². The molecular formula is C12H13N7O2S3. The number of carbonyl (C=O) groups excluding carboxylic acids is 2. The van der Waals surface area contributed by atoms with Gasteiger partial charge in [0.1, 0.15) is 6.54 Å². The molecule has 2 aromatic rings. The normalized spacial score (nSPS) is 9.67. The van der Waals surface area contributed by atoms with Gasteiger partial charge in [-0.2, -0.15) is 0 Å². The molecule has 126 valence electrons. The third-order valence-corrected chi connectivity index (χ3v) is 3.62.